The Kier molecular flexibility index (Phi) is 3.25. The lowest BCUT2D eigenvalue weighted by Gasteiger charge is -2.30. The highest BCUT2D eigenvalue weighted by Gasteiger charge is 2.18. The van der Waals surface area contributed by atoms with Crippen LogP contribution in [0.1, 0.15) is 0 Å². The Morgan fingerprint density at radius 2 is 2.22 bits per heavy atom. The van der Waals surface area contributed by atoms with Gasteiger partial charge in [0.25, 0.3) is 0 Å². The minimum atomic E-state index is 0.245. The number of nitrogens with one attached hydrogen (secondary N) is 1. The molecule has 1 fully saturated rings. The third-order valence-corrected chi connectivity index (χ3v) is 3.25. The maximum Gasteiger partial charge on any atom is 0.231 e. The molecule has 5 heteroatoms. The van der Waals surface area contributed by atoms with E-state index < -0.39 is 0 Å². The highest BCUT2D eigenvalue weighted by molar-refractivity contribution is 5.55. The van der Waals surface area contributed by atoms with Gasteiger partial charge in [0.15, 0.2) is 11.5 Å². The molecule has 0 aliphatic carbocycles. The molecule has 0 bridgehead atoms. The van der Waals surface area contributed by atoms with Gasteiger partial charge in [0.05, 0.1) is 12.7 Å². The third kappa shape index (κ3) is 2.52. The molecule has 1 atom stereocenters. The average molecular weight is 250 g/mol. The summed E-state index contributed by atoms with van der Waals surface area (Å²) in [6.45, 7) is 3.92. The Bertz CT molecular complexity index is 425. The number of morpholine rings is 1. The van der Waals surface area contributed by atoms with Gasteiger partial charge >= 0.3 is 0 Å². The molecular formula is C13H18N2O3. The van der Waals surface area contributed by atoms with E-state index in [0.717, 1.165) is 43.4 Å². The number of fused-ring (bicyclic) bond motifs is 1. The van der Waals surface area contributed by atoms with Crippen LogP contribution < -0.4 is 14.8 Å². The number of hydrogen-bond donors (Lipinski definition) is 1. The van der Waals surface area contributed by atoms with Crippen LogP contribution >= 0.6 is 0 Å². The first-order valence-electron chi connectivity index (χ1n) is 6.25. The second-order valence-corrected chi connectivity index (χ2v) is 4.70. The van der Waals surface area contributed by atoms with Crippen LogP contribution in [0.25, 0.3) is 0 Å². The summed E-state index contributed by atoms with van der Waals surface area (Å²) in [4.78, 5) is 2.29. The molecule has 0 saturated carbocycles. The van der Waals surface area contributed by atoms with Crippen molar-refractivity contribution in [2.24, 2.45) is 0 Å². The van der Waals surface area contributed by atoms with E-state index in [9.17, 15) is 0 Å². The van der Waals surface area contributed by atoms with E-state index in [1.54, 1.807) is 0 Å². The van der Waals surface area contributed by atoms with Gasteiger partial charge in [0.2, 0.25) is 6.79 Å². The van der Waals surface area contributed by atoms with Gasteiger partial charge in [-0.05, 0) is 19.2 Å². The van der Waals surface area contributed by atoms with Crippen LogP contribution in [0.3, 0.4) is 0 Å². The van der Waals surface area contributed by atoms with Gasteiger partial charge in [-0.2, -0.15) is 0 Å². The van der Waals surface area contributed by atoms with Crippen molar-refractivity contribution in [1.29, 1.82) is 0 Å². The van der Waals surface area contributed by atoms with E-state index in [4.69, 9.17) is 14.2 Å². The summed E-state index contributed by atoms with van der Waals surface area (Å²) in [5.74, 6) is 1.62. The van der Waals surface area contributed by atoms with Crippen LogP contribution in [-0.4, -0.2) is 51.1 Å². The van der Waals surface area contributed by atoms with Crippen LogP contribution in [0.5, 0.6) is 11.5 Å². The molecular weight excluding hydrogens is 232 g/mol. The van der Waals surface area contributed by atoms with Crippen molar-refractivity contribution in [3.05, 3.63) is 18.2 Å². The molecule has 2 aliphatic heterocycles. The van der Waals surface area contributed by atoms with Crippen molar-refractivity contribution >= 4 is 5.69 Å². The lowest BCUT2D eigenvalue weighted by molar-refractivity contribution is -0.0117. The standard InChI is InChI=1S/C13H18N2O3/c1-15-4-5-16-11(8-15)7-14-10-2-3-12-13(6-10)18-9-17-12/h2-3,6,11,14H,4-5,7-9H2,1H3. The van der Waals surface area contributed by atoms with Gasteiger partial charge in [-0.1, -0.05) is 0 Å². The first-order valence-corrected chi connectivity index (χ1v) is 6.25. The second kappa shape index (κ2) is 5.04. The summed E-state index contributed by atoms with van der Waals surface area (Å²) in [7, 11) is 2.12. The molecule has 3 rings (SSSR count). The zero-order chi connectivity index (χ0) is 12.4. The van der Waals surface area contributed by atoms with Gasteiger partial charge in [-0.3, -0.25) is 0 Å². The number of rotatable bonds is 3. The van der Waals surface area contributed by atoms with E-state index >= 15 is 0 Å². The number of likely N-dealkylation sites (N-methyl/N-ethyl adjacent to an activating group) is 1. The van der Waals surface area contributed by atoms with Crippen LogP contribution in [-0.2, 0) is 4.74 Å². The maximum atomic E-state index is 5.70. The highest BCUT2D eigenvalue weighted by atomic mass is 16.7. The Morgan fingerprint density at radius 1 is 1.33 bits per heavy atom. The lowest BCUT2D eigenvalue weighted by atomic mass is 10.2. The SMILES string of the molecule is CN1CCOC(CNc2ccc3c(c2)OCO3)C1. The van der Waals surface area contributed by atoms with Crippen LogP contribution in [0.15, 0.2) is 18.2 Å². The lowest BCUT2D eigenvalue weighted by Crippen LogP contribution is -2.43. The van der Waals surface area contributed by atoms with Crippen molar-refractivity contribution in [3.8, 4) is 11.5 Å². The molecule has 1 aromatic carbocycles. The van der Waals surface area contributed by atoms with Crippen LogP contribution in [0.2, 0.25) is 0 Å². The van der Waals surface area contributed by atoms with E-state index in [0.29, 0.717) is 6.79 Å². The van der Waals surface area contributed by atoms with E-state index in [2.05, 4.69) is 17.3 Å². The summed E-state index contributed by atoms with van der Waals surface area (Å²) < 4.78 is 16.3. The van der Waals surface area contributed by atoms with Crippen molar-refractivity contribution in [2.45, 2.75) is 6.10 Å². The van der Waals surface area contributed by atoms with Crippen molar-refractivity contribution in [3.63, 3.8) is 0 Å². The molecule has 0 radical (unpaired) electrons. The van der Waals surface area contributed by atoms with E-state index in [-0.39, 0.29) is 6.10 Å². The van der Waals surface area contributed by atoms with Gasteiger partial charge in [0, 0.05) is 31.4 Å². The fraction of sp³-hybridized carbons (Fsp3) is 0.538. The topological polar surface area (TPSA) is 43.0 Å². The number of hydrogen-bond acceptors (Lipinski definition) is 5. The molecule has 98 valence electrons. The summed E-state index contributed by atoms with van der Waals surface area (Å²) >= 11 is 0. The zero-order valence-electron chi connectivity index (χ0n) is 10.5. The number of anilines is 1. The fourth-order valence-electron chi connectivity index (χ4n) is 2.23. The largest absolute Gasteiger partial charge is 0.454 e. The molecule has 1 aromatic rings. The Hall–Kier alpha value is -1.46. The van der Waals surface area contributed by atoms with Crippen molar-refractivity contribution in [2.75, 3.05) is 45.4 Å². The van der Waals surface area contributed by atoms with Crippen LogP contribution in [0, 0.1) is 0 Å². The zero-order valence-corrected chi connectivity index (χ0v) is 10.5. The van der Waals surface area contributed by atoms with Gasteiger partial charge in [-0.25, -0.2) is 0 Å². The predicted molar refractivity (Wildman–Crippen MR) is 68.3 cm³/mol. The Balaban J connectivity index is 1.56. The summed E-state index contributed by atoms with van der Waals surface area (Å²) in [5.41, 5.74) is 1.04. The summed E-state index contributed by atoms with van der Waals surface area (Å²) in [6.07, 6.45) is 0.245. The van der Waals surface area contributed by atoms with Gasteiger partial charge in [0.1, 0.15) is 0 Å². The summed E-state index contributed by atoms with van der Waals surface area (Å²) in [6, 6.07) is 5.90. The first-order chi connectivity index (χ1) is 8.81. The molecule has 1 N–H and O–H groups in total. The molecule has 1 saturated heterocycles. The summed E-state index contributed by atoms with van der Waals surface area (Å²) in [5, 5.41) is 3.38. The molecule has 0 amide bonds. The molecule has 1 unspecified atom stereocenters. The van der Waals surface area contributed by atoms with Crippen molar-refractivity contribution in [1.82, 2.24) is 4.90 Å². The molecule has 18 heavy (non-hydrogen) atoms. The van der Waals surface area contributed by atoms with E-state index in [1.807, 2.05) is 18.2 Å². The highest BCUT2D eigenvalue weighted by Crippen LogP contribution is 2.34. The second-order valence-electron chi connectivity index (χ2n) is 4.70. The van der Waals surface area contributed by atoms with Gasteiger partial charge < -0.3 is 24.4 Å². The number of benzene rings is 1. The van der Waals surface area contributed by atoms with Gasteiger partial charge in [-0.15, -0.1) is 0 Å². The van der Waals surface area contributed by atoms with E-state index in [1.165, 1.54) is 0 Å². The average Bonchev–Trinajstić information content (AvgIpc) is 2.84. The van der Waals surface area contributed by atoms with Crippen LogP contribution in [0.4, 0.5) is 5.69 Å². The fourth-order valence-corrected chi connectivity index (χ4v) is 2.23. The quantitative estimate of drug-likeness (QED) is 0.872. The van der Waals surface area contributed by atoms with Crippen molar-refractivity contribution < 1.29 is 14.2 Å². The Labute approximate surface area is 107 Å². The third-order valence-electron chi connectivity index (χ3n) is 3.25. The predicted octanol–water partition coefficient (Wildman–Crippen LogP) is 1.16. The molecule has 5 nitrogen and oxygen atoms in total. The molecule has 0 spiro atoms. The molecule has 2 heterocycles. The normalized spacial score (nSPS) is 23.1. The minimum Gasteiger partial charge on any atom is -0.454 e. The monoisotopic (exact) mass is 250 g/mol. The Morgan fingerprint density at radius 3 is 3.11 bits per heavy atom. The maximum absolute atomic E-state index is 5.70. The number of nitrogens with zero attached hydrogens (tertiary/aromatic N) is 1. The molecule has 2 aliphatic rings. The first kappa shape index (κ1) is 11.6. The minimum absolute atomic E-state index is 0.245. The molecule has 0 aromatic heterocycles. The number of ether oxygens (including phenoxy) is 3. The smallest absolute Gasteiger partial charge is 0.231 e.